The highest BCUT2D eigenvalue weighted by molar-refractivity contribution is 9.10. The molecule has 2 aromatic carbocycles. The Kier molecular flexibility index (Phi) is 6.96. The monoisotopic (exact) mass is 547 g/mol. The van der Waals surface area contributed by atoms with Crippen molar-refractivity contribution in [3.63, 3.8) is 0 Å². The molecule has 3 aromatic rings. The van der Waals surface area contributed by atoms with Crippen molar-refractivity contribution in [2.75, 3.05) is 7.11 Å². The Labute approximate surface area is 205 Å². The Hall–Kier alpha value is -2.95. The molecule has 1 aromatic heterocycles. The van der Waals surface area contributed by atoms with Crippen molar-refractivity contribution in [1.82, 2.24) is 4.90 Å². The molecule has 2 heterocycles. The molecule has 0 saturated carbocycles. The van der Waals surface area contributed by atoms with Crippen molar-refractivity contribution in [1.29, 1.82) is 0 Å². The summed E-state index contributed by atoms with van der Waals surface area (Å²) in [5.41, 5.74) is 1.21. The third kappa shape index (κ3) is 5.18. The lowest BCUT2D eigenvalue weighted by Crippen LogP contribution is -2.27. The van der Waals surface area contributed by atoms with Gasteiger partial charge in [-0.15, -0.1) is 11.3 Å². The summed E-state index contributed by atoms with van der Waals surface area (Å²) in [5, 5.41) is 1.36. The Balaban J connectivity index is 1.56. The number of thioether (sulfide) groups is 1. The summed E-state index contributed by atoms with van der Waals surface area (Å²) in [5.74, 6) is -0.864. The number of hydrogen-bond donors (Lipinski definition) is 0. The second kappa shape index (κ2) is 9.90. The van der Waals surface area contributed by atoms with Gasteiger partial charge in [0, 0.05) is 0 Å². The van der Waals surface area contributed by atoms with Crippen LogP contribution >= 0.6 is 39.0 Å². The number of halogens is 2. The molecular formula is C23H15BrFNO5S2. The smallest absolute Gasteiger partial charge is 0.353 e. The first-order chi connectivity index (χ1) is 15.9. The number of nitrogens with zero attached hydrogens (tertiary/aromatic N) is 1. The number of carbonyl (C=O) groups is 3. The fourth-order valence-electron chi connectivity index (χ4n) is 3.02. The van der Waals surface area contributed by atoms with E-state index in [-0.39, 0.29) is 22.9 Å². The number of methoxy groups -OCH3 is 1. The van der Waals surface area contributed by atoms with E-state index in [1.807, 2.05) is 0 Å². The van der Waals surface area contributed by atoms with E-state index in [0.717, 1.165) is 16.7 Å². The first-order valence-corrected chi connectivity index (χ1v) is 12.0. The quantitative estimate of drug-likeness (QED) is 0.210. The van der Waals surface area contributed by atoms with Crippen LogP contribution in [0.5, 0.6) is 11.5 Å². The maximum absolute atomic E-state index is 13.1. The zero-order chi connectivity index (χ0) is 23.5. The van der Waals surface area contributed by atoms with Crippen LogP contribution in [0.15, 0.2) is 63.3 Å². The molecular weight excluding hydrogens is 533 g/mol. The highest BCUT2D eigenvalue weighted by Gasteiger charge is 2.35. The van der Waals surface area contributed by atoms with Crippen molar-refractivity contribution >= 4 is 62.2 Å². The first-order valence-electron chi connectivity index (χ1n) is 9.48. The lowest BCUT2D eigenvalue weighted by Gasteiger charge is -2.13. The molecule has 168 valence electrons. The van der Waals surface area contributed by atoms with Crippen molar-refractivity contribution in [2.45, 2.75) is 6.54 Å². The maximum Gasteiger partial charge on any atom is 0.353 e. The van der Waals surface area contributed by atoms with Crippen molar-refractivity contribution < 1.29 is 28.2 Å². The fraction of sp³-hybridized carbons (Fsp3) is 0.0870. The number of benzene rings is 2. The summed E-state index contributed by atoms with van der Waals surface area (Å²) in [6.07, 6.45) is 1.56. The molecule has 33 heavy (non-hydrogen) atoms. The molecule has 0 radical (unpaired) electrons. The molecule has 0 aliphatic carbocycles. The fourth-order valence-corrected chi connectivity index (χ4v) is 5.00. The Morgan fingerprint density at radius 2 is 1.94 bits per heavy atom. The summed E-state index contributed by atoms with van der Waals surface area (Å²) in [6.45, 7) is 0.0485. The van der Waals surface area contributed by atoms with Gasteiger partial charge >= 0.3 is 5.97 Å². The molecule has 2 amide bonds. The predicted octanol–water partition coefficient (Wildman–Crippen LogP) is 6.11. The zero-order valence-corrected chi connectivity index (χ0v) is 20.3. The number of amides is 2. The van der Waals surface area contributed by atoms with Crippen molar-refractivity contribution in [2.24, 2.45) is 0 Å². The summed E-state index contributed by atoms with van der Waals surface area (Å²) >= 11 is 5.46. The minimum Gasteiger partial charge on any atom is -0.493 e. The van der Waals surface area contributed by atoms with E-state index in [2.05, 4.69) is 15.9 Å². The van der Waals surface area contributed by atoms with E-state index in [1.165, 1.54) is 42.7 Å². The largest absolute Gasteiger partial charge is 0.493 e. The van der Waals surface area contributed by atoms with Gasteiger partial charge in [-0.2, -0.15) is 0 Å². The second-order valence-corrected chi connectivity index (χ2v) is 9.59. The van der Waals surface area contributed by atoms with E-state index in [1.54, 1.807) is 35.7 Å². The molecule has 10 heteroatoms. The zero-order valence-electron chi connectivity index (χ0n) is 17.0. The third-order valence-electron chi connectivity index (χ3n) is 4.59. The average Bonchev–Trinajstić information content (AvgIpc) is 3.42. The summed E-state index contributed by atoms with van der Waals surface area (Å²) < 4.78 is 24.4. The third-order valence-corrected chi connectivity index (χ3v) is 6.94. The van der Waals surface area contributed by atoms with E-state index in [4.69, 9.17) is 9.47 Å². The summed E-state index contributed by atoms with van der Waals surface area (Å²) in [6, 6.07) is 12.3. The number of esters is 1. The number of imide groups is 1. The number of hydrogen-bond acceptors (Lipinski definition) is 7. The van der Waals surface area contributed by atoms with Crippen LogP contribution in [0.4, 0.5) is 9.18 Å². The average molecular weight is 548 g/mol. The molecule has 1 fully saturated rings. The van der Waals surface area contributed by atoms with Gasteiger partial charge in [0.15, 0.2) is 11.5 Å². The molecule has 0 N–H and O–H groups in total. The number of ether oxygens (including phenoxy) is 2. The molecule has 1 saturated heterocycles. The summed E-state index contributed by atoms with van der Waals surface area (Å²) in [7, 11) is 1.44. The van der Waals surface area contributed by atoms with Gasteiger partial charge in [-0.25, -0.2) is 9.18 Å². The molecule has 1 aliphatic heterocycles. The Bertz CT molecular complexity index is 1260. The number of rotatable bonds is 6. The highest BCUT2D eigenvalue weighted by atomic mass is 79.9. The van der Waals surface area contributed by atoms with Crippen LogP contribution in [0.1, 0.15) is 20.8 Å². The van der Waals surface area contributed by atoms with Gasteiger partial charge in [-0.3, -0.25) is 14.5 Å². The minimum absolute atomic E-state index is 0.0485. The lowest BCUT2D eigenvalue weighted by molar-refractivity contribution is -0.123. The number of carbonyl (C=O) groups excluding carboxylic acids is 3. The molecule has 0 atom stereocenters. The van der Waals surface area contributed by atoms with Crippen molar-refractivity contribution in [3.8, 4) is 11.5 Å². The van der Waals surface area contributed by atoms with Crippen LogP contribution in [0.3, 0.4) is 0 Å². The van der Waals surface area contributed by atoms with Gasteiger partial charge in [0.1, 0.15) is 10.7 Å². The SMILES string of the molecule is COc1cc(/C=C2\SC(=O)N(Cc3ccc(F)cc3)C2=O)cc(Br)c1OC(=O)c1cccs1. The molecule has 0 bridgehead atoms. The van der Waals surface area contributed by atoms with E-state index in [0.29, 0.717) is 20.5 Å². The molecule has 4 rings (SSSR count). The normalized spacial score (nSPS) is 14.8. The first kappa shape index (κ1) is 23.2. The topological polar surface area (TPSA) is 72.9 Å². The van der Waals surface area contributed by atoms with E-state index >= 15 is 0 Å². The second-order valence-electron chi connectivity index (χ2n) is 6.80. The summed E-state index contributed by atoms with van der Waals surface area (Å²) in [4.78, 5) is 39.3. The van der Waals surface area contributed by atoms with E-state index in [9.17, 15) is 18.8 Å². The highest BCUT2D eigenvalue weighted by Crippen LogP contribution is 2.40. The Morgan fingerprint density at radius 1 is 1.18 bits per heavy atom. The Morgan fingerprint density at radius 3 is 2.61 bits per heavy atom. The van der Waals surface area contributed by atoms with Gasteiger partial charge in [0.2, 0.25) is 0 Å². The van der Waals surface area contributed by atoms with Crippen LogP contribution in [0.25, 0.3) is 6.08 Å². The standard InChI is InChI=1S/C23H15BrFNO5S2/c1-30-17-10-14(9-16(24)20(17)31-22(28)18-3-2-8-32-18)11-19-21(27)26(23(29)33-19)12-13-4-6-15(25)7-5-13/h2-11H,12H2,1H3/b19-11-. The van der Waals surface area contributed by atoms with Gasteiger partial charge < -0.3 is 9.47 Å². The van der Waals surface area contributed by atoms with Gasteiger partial charge in [-0.1, -0.05) is 18.2 Å². The predicted molar refractivity (Wildman–Crippen MR) is 128 cm³/mol. The van der Waals surface area contributed by atoms with Gasteiger partial charge in [-0.05, 0) is 80.6 Å². The van der Waals surface area contributed by atoms with Gasteiger partial charge in [0.25, 0.3) is 11.1 Å². The van der Waals surface area contributed by atoms with E-state index < -0.39 is 22.9 Å². The molecule has 0 spiro atoms. The van der Waals surface area contributed by atoms with Crippen molar-refractivity contribution in [3.05, 3.63) is 85.1 Å². The molecule has 1 aliphatic rings. The van der Waals surface area contributed by atoms with Crippen LogP contribution in [0.2, 0.25) is 0 Å². The molecule has 6 nitrogen and oxygen atoms in total. The lowest BCUT2D eigenvalue weighted by atomic mass is 10.1. The van der Waals surface area contributed by atoms with Crippen LogP contribution < -0.4 is 9.47 Å². The van der Waals surface area contributed by atoms with Gasteiger partial charge in [0.05, 0.1) is 23.0 Å². The van der Waals surface area contributed by atoms with Crippen LogP contribution in [-0.2, 0) is 11.3 Å². The van der Waals surface area contributed by atoms with Crippen LogP contribution in [0, 0.1) is 5.82 Å². The minimum atomic E-state index is -0.515. The maximum atomic E-state index is 13.1. The van der Waals surface area contributed by atoms with Crippen LogP contribution in [-0.4, -0.2) is 29.1 Å². The molecule has 0 unspecified atom stereocenters. The number of thiophene rings is 1.